The third-order valence-electron chi connectivity index (χ3n) is 4.70. The highest BCUT2D eigenvalue weighted by molar-refractivity contribution is 6.40. The minimum Gasteiger partial charge on any atom is -0.427 e. The van der Waals surface area contributed by atoms with Gasteiger partial charge in [-0.05, 0) is 43.6 Å². The zero-order chi connectivity index (χ0) is 19.4. The molecule has 1 unspecified atom stereocenters. The highest BCUT2D eigenvalue weighted by Gasteiger charge is 2.26. The Bertz CT molecular complexity index is 556. The van der Waals surface area contributed by atoms with Crippen molar-refractivity contribution >= 4 is 19.2 Å². The van der Waals surface area contributed by atoms with E-state index in [9.17, 15) is 4.79 Å². The molecule has 1 heterocycles. The highest BCUT2D eigenvalue weighted by Crippen LogP contribution is 2.23. The van der Waals surface area contributed by atoms with Gasteiger partial charge < -0.3 is 20.7 Å². The Morgan fingerprint density at radius 3 is 2.31 bits per heavy atom. The Morgan fingerprint density at radius 2 is 1.77 bits per heavy atom. The topological polar surface area (TPSA) is 121 Å². The summed E-state index contributed by atoms with van der Waals surface area (Å²) in [6.07, 6.45) is 5.17. The number of carbonyl (C=O) groups is 1. The van der Waals surface area contributed by atoms with E-state index in [1.54, 1.807) is 0 Å². The number of rotatable bonds is 7. The van der Waals surface area contributed by atoms with E-state index in [-0.39, 0.29) is 18.1 Å². The van der Waals surface area contributed by atoms with Crippen molar-refractivity contribution in [3.05, 3.63) is 35.9 Å². The molecule has 1 aromatic carbocycles. The van der Waals surface area contributed by atoms with E-state index < -0.39 is 7.12 Å². The fourth-order valence-electron chi connectivity index (χ4n) is 3.24. The average Bonchev–Trinajstić information content (AvgIpc) is 2.66. The Hall–Kier alpha value is -1.99. The van der Waals surface area contributed by atoms with Crippen molar-refractivity contribution in [2.45, 2.75) is 44.5 Å². The van der Waals surface area contributed by atoms with E-state index in [0.717, 1.165) is 50.8 Å². The maximum absolute atomic E-state index is 12.4. The van der Waals surface area contributed by atoms with Crippen molar-refractivity contribution < 1.29 is 24.4 Å². The molecule has 1 amide bonds. The van der Waals surface area contributed by atoms with Crippen LogP contribution in [0.4, 0.5) is 0 Å². The summed E-state index contributed by atoms with van der Waals surface area (Å²) >= 11 is 0. The number of amides is 1. The lowest BCUT2D eigenvalue weighted by Crippen LogP contribution is -2.43. The summed E-state index contributed by atoms with van der Waals surface area (Å²) in [7, 11) is -1.21. The number of nitrogens with zero attached hydrogens (tertiary/aromatic N) is 1. The highest BCUT2D eigenvalue weighted by atomic mass is 16.4. The molecule has 4 N–H and O–H groups in total. The molecular formula is C18H27BN2O5. The van der Waals surface area contributed by atoms with E-state index in [1.807, 2.05) is 35.2 Å². The molecule has 0 saturated carbocycles. The summed E-state index contributed by atoms with van der Waals surface area (Å²) in [5.74, 6) is 0.559. The van der Waals surface area contributed by atoms with Gasteiger partial charge in [-0.25, -0.2) is 0 Å². The lowest BCUT2D eigenvalue weighted by Gasteiger charge is -2.35. The first-order valence-electron chi connectivity index (χ1n) is 8.95. The summed E-state index contributed by atoms with van der Waals surface area (Å²) in [4.78, 5) is 30.6. The molecule has 0 aromatic heterocycles. The minimum atomic E-state index is -1.21. The predicted octanol–water partition coefficient (Wildman–Crippen LogP) is 0.926. The average molecular weight is 362 g/mol. The maximum Gasteiger partial charge on any atom is 0.451 e. The molecule has 0 bridgehead atoms. The van der Waals surface area contributed by atoms with Crippen LogP contribution in [0.15, 0.2) is 30.3 Å². The maximum atomic E-state index is 12.4. The smallest absolute Gasteiger partial charge is 0.427 e. The molecule has 142 valence electrons. The van der Waals surface area contributed by atoms with Gasteiger partial charge in [0.2, 0.25) is 0 Å². The molecule has 26 heavy (non-hydrogen) atoms. The number of unbranched alkanes of at least 4 members (excludes halogenated alkanes) is 1. The molecule has 1 fully saturated rings. The first-order chi connectivity index (χ1) is 12.5. The summed E-state index contributed by atoms with van der Waals surface area (Å²) in [6.45, 7) is 1.53. The Labute approximate surface area is 154 Å². The molecule has 7 nitrogen and oxygen atoms in total. The zero-order valence-electron chi connectivity index (χ0n) is 14.9. The van der Waals surface area contributed by atoms with Crippen LogP contribution in [-0.4, -0.2) is 53.3 Å². The Balaban J connectivity index is 0.00000105. The van der Waals surface area contributed by atoms with Gasteiger partial charge in [0.1, 0.15) is 0 Å². The standard InChI is InChI=1S/C17H27BN2O3.CO2/c19-16(8-4-5-11-18(22)23)14-9-12-20(13-10-14)17(21)15-6-2-1-3-7-15;2-1-3/h1-3,6-7,14,16,22-23H,4-5,8-13,19H2;. The van der Waals surface area contributed by atoms with Crippen LogP contribution >= 0.6 is 0 Å². The summed E-state index contributed by atoms with van der Waals surface area (Å²) in [5.41, 5.74) is 7.02. The minimum absolute atomic E-state index is 0.106. The normalized spacial score (nSPS) is 15.4. The van der Waals surface area contributed by atoms with Crippen molar-refractivity contribution in [3.63, 3.8) is 0 Å². The number of carbonyl (C=O) groups excluding carboxylic acids is 3. The van der Waals surface area contributed by atoms with Crippen LogP contribution in [0.1, 0.15) is 42.5 Å². The number of likely N-dealkylation sites (tertiary alicyclic amines) is 1. The van der Waals surface area contributed by atoms with Gasteiger partial charge in [0.05, 0.1) is 0 Å². The van der Waals surface area contributed by atoms with E-state index in [1.165, 1.54) is 0 Å². The largest absolute Gasteiger partial charge is 0.451 e. The quantitative estimate of drug-likeness (QED) is 0.490. The van der Waals surface area contributed by atoms with Gasteiger partial charge in [0.25, 0.3) is 5.91 Å². The van der Waals surface area contributed by atoms with Gasteiger partial charge in [-0.2, -0.15) is 9.59 Å². The molecule has 1 aromatic rings. The lowest BCUT2D eigenvalue weighted by atomic mass is 9.82. The fraction of sp³-hybridized carbons (Fsp3) is 0.556. The van der Waals surface area contributed by atoms with Crippen molar-refractivity contribution in [1.29, 1.82) is 0 Å². The SMILES string of the molecule is NC(CCCCB(O)O)C1CCN(C(=O)c2ccccc2)CC1.O=C=O. The molecule has 1 atom stereocenters. The van der Waals surface area contributed by atoms with Crippen molar-refractivity contribution in [3.8, 4) is 0 Å². The summed E-state index contributed by atoms with van der Waals surface area (Å²) in [6, 6.07) is 9.54. The van der Waals surface area contributed by atoms with Gasteiger partial charge in [-0.15, -0.1) is 0 Å². The van der Waals surface area contributed by atoms with Crippen LogP contribution in [0, 0.1) is 5.92 Å². The molecule has 2 rings (SSSR count). The molecular weight excluding hydrogens is 335 g/mol. The molecule has 1 saturated heterocycles. The third-order valence-corrected chi connectivity index (χ3v) is 4.70. The number of benzene rings is 1. The van der Waals surface area contributed by atoms with E-state index in [0.29, 0.717) is 12.2 Å². The third kappa shape index (κ3) is 7.93. The molecule has 8 heteroatoms. The number of nitrogens with two attached hydrogens (primary N) is 1. The second-order valence-corrected chi connectivity index (χ2v) is 6.51. The van der Waals surface area contributed by atoms with E-state index in [2.05, 4.69) is 0 Å². The summed E-state index contributed by atoms with van der Waals surface area (Å²) < 4.78 is 0. The van der Waals surface area contributed by atoms with Gasteiger partial charge in [0.15, 0.2) is 0 Å². The van der Waals surface area contributed by atoms with Crippen molar-refractivity contribution in [1.82, 2.24) is 4.90 Å². The monoisotopic (exact) mass is 362 g/mol. The second-order valence-electron chi connectivity index (χ2n) is 6.51. The molecule has 1 aliphatic rings. The molecule has 0 spiro atoms. The summed E-state index contributed by atoms with van der Waals surface area (Å²) in [5, 5.41) is 17.7. The molecule has 0 aliphatic carbocycles. The Morgan fingerprint density at radius 1 is 1.19 bits per heavy atom. The lowest BCUT2D eigenvalue weighted by molar-refractivity contribution is -0.191. The first kappa shape index (κ1) is 22.1. The Kier molecular flexibility index (Phi) is 10.5. The van der Waals surface area contributed by atoms with Gasteiger partial charge in [0, 0.05) is 24.7 Å². The number of hydrogen-bond donors (Lipinski definition) is 3. The number of piperidine rings is 1. The van der Waals surface area contributed by atoms with Crippen LogP contribution < -0.4 is 5.73 Å². The van der Waals surface area contributed by atoms with Gasteiger partial charge in [-0.3, -0.25) is 4.79 Å². The van der Waals surface area contributed by atoms with Crippen LogP contribution in [0.2, 0.25) is 6.32 Å². The van der Waals surface area contributed by atoms with Crippen LogP contribution in [0.25, 0.3) is 0 Å². The molecule has 0 radical (unpaired) electrons. The van der Waals surface area contributed by atoms with Crippen LogP contribution in [0.3, 0.4) is 0 Å². The van der Waals surface area contributed by atoms with Gasteiger partial charge >= 0.3 is 13.3 Å². The van der Waals surface area contributed by atoms with E-state index >= 15 is 0 Å². The predicted molar refractivity (Wildman–Crippen MR) is 96.9 cm³/mol. The van der Waals surface area contributed by atoms with Crippen LogP contribution in [0.5, 0.6) is 0 Å². The van der Waals surface area contributed by atoms with Crippen molar-refractivity contribution in [2.75, 3.05) is 13.1 Å². The van der Waals surface area contributed by atoms with E-state index in [4.69, 9.17) is 25.4 Å². The molecule has 1 aliphatic heterocycles. The second kappa shape index (κ2) is 12.4. The van der Waals surface area contributed by atoms with Crippen molar-refractivity contribution in [2.24, 2.45) is 11.7 Å². The fourth-order valence-corrected chi connectivity index (χ4v) is 3.24. The number of hydrogen-bond acceptors (Lipinski definition) is 6. The first-order valence-corrected chi connectivity index (χ1v) is 8.95. The van der Waals surface area contributed by atoms with Crippen LogP contribution in [-0.2, 0) is 9.59 Å². The van der Waals surface area contributed by atoms with Gasteiger partial charge in [-0.1, -0.05) is 31.0 Å². The zero-order valence-corrected chi connectivity index (χ0v) is 14.9.